The number of aryl methyl sites for hydroxylation is 1. The molecule has 0 N–H and O–H groups in total. The summed E-state index contributed by atoms with van der Waals surface area (Å²) in [5.74, 6) is -1.73. The molecule has 9 nitrogen and oxygen atoms in total. The topological polar surface area (TPSA) is 116 Å². The molecule has 2 aromatic carbocycles. The number of rotatable bonds is 5. The Morgan fingerprint density at radius 2 is 1.86 bits per heavy atom. The first kappa shape index (κ1) is 24.8. The number of aromatic nitrogens is 1. The number of hydrogen-bond acceptors (Lipinski definition) is 9. The van der Waals surface area contributed by atoms with Gasteiger partial charge in [-0.2, -0.15) is 0 Å². The monoisotopic (exact) mass is 582 g/mol. The van der Waals surface area contributed by atoms with Crippen molar-refractivity contribution >= 4 is 61.2 Å². The van der Waals surface area contributed by atoms with E-state index in [9.17, 15) is 19.2 Å². The molecule has 0 saturated carbocycles. The fourth-order valence-corrected chi connectivity index (χ4v) is 5.60. The average molecular weight is 583 g/mol. The third kappa shape index (κ3) is 4.13. The Balaban J connectivity index is 1.73. The minimum atomic E-state index is -0.908. The maximum atomic E-state index is 13.7. The van der Waals surface area contributed by atoms with Crippen LogP contribution < -0.4 is 10.3 Å². The Bertz CT molecular complexity index is 1640. The number of carbonyl (C=O) groups is 3. The molecule has 0 spiro atoms. The minimum absolute atomic E-state index is 0.104. The van der Waals surface area contributed by atoms with Crippen LogP contribution in [0.25, 0.3) is 11.0 Å². The summed E-state index contributed by atoms with van der Waals surface area (Å²) < 4.78 is 16.5. The van der Waals surface area contributed by atoms with Crippen molar-refractivity contribution in [2.75, 3.05) is 18.6 Å². The highest BCUT2D eigenvalue weighted by Gasteiger charge is 2.45. The van der Waals surface area contributed by atoms with E-state index in [0.29, 0.717) is 26.7 Å². The summed E-state index contributed by atoms with van der Waals surface area (Å²) in [5.41, 5.74) is 1.31. The molecular formula is C26H19BrN2O7S. The molecule has 37 heavy (non-hydrogen) atoms. The van der Waals surface area contributed by atoms with Gasteiger partial charge < -0.3 is 13.9 Å². The lowest BCUT2D eigenvalue weighted by Crippen LogP contribution is -2.29. The van der Waals surface area contributed by atoms with Crippen LogP contribution in [0.15, 0.2) is 56.1 Å². The molecule has 5 rings (SSSR count). The van der Waals surface area contributed by atoms with Crippen molar-refractivity contribution in [1.29, 1.82) is 0 Å². The maximum absolute atomic E-state index is 13.7. The van der Waals surface area contributed by atoms with E-state index in [4.69, 9.17) is 13.9 Å². The van der Waals surface area contributed by atoms with Gasteiger partial charge in [0.1, 0.15) is 10.5 Å². The third-order valence-corrected chi connectivity index (χ3v) is 7.56. The van der Waals surface area contributed by atoms with Crippen LogP contribution in [0.4, 0.5) is 5.13 Å². The zero-order chi connectivity index (χ0) is 26.4. The van der Waals surface area contributed by atoms with E-state index in [2.05, 4.69) is 20.9 Å². The molecule has 188 valence electrons. The average Bonchev–Trinajstić information content (AvgIpc) is 3.41. The van der Waals surface area contributed by atoms with Gasteiger partial charge in [0.15, 0.2) is 10.6 Å². The Kier molecular flexibility index (Phi) is 6.42. The zero-order valence-corrected chi connectivity index (χ0v) is 22.3. The number of anilines is 1. The summed E-state index contributed by atoms with van der Waals surface area (Å²) >= 11 is 4.38. The van der Waals surface area contributed by atoms with Gasteiger partial charge in [-0.15, -0.1) is 0 Å². The molecule has 0 bridgehead atoms. The van der Waals surface area contributed by atoms with Crippen LogP contribution in [0.5, 0.6) is 0 Å². The molecule has 0 radical (unpaired) electrons. The number of halogens is 1. The van der Waals surface area contributed by atoms with E-state index in [1.54, 1.807) is 56.3 Å². The van der Waals surface area contributed by atoms with E-state index in [1.165, 1.54) is 12.0 Å². The quantitative estimate of drug-likeness (QED) is 0.301. The number of fused-ring (bicyclic) bond motifs is 2. The van der Waals surface area contributed by atoms with Crippen LogP contribution >= 0.6 is 27.3 Å². The van der Waals surface area contributed by atoms with Crippen molar-refractivity contribution in [2.24, 2.45) is 0 Å². The number of amides is 1. The normalized spacial score (nSPS) is 14.6. The molecule has 4 aromatic rings. The minimum Gasteiger partial charge on any atom is -0.465 e. The summed E-state index contributed by atoms with van der Waals surface area (Å²) in [5, 5.41) is 0.519. The van der Waals surface area contributed by atoms with Crippen molar-refractivity contribution in [3.63, 3.8) is 0 Å². The molecule has 1 atom stereocenters. The number of nitrogens with zero attached hydrogens (tertiary/aromatic N) is 2. The van der Waals surface area contributed by atoms with Crippen LogP contribution in [0, 0.1) is 6.92 Å². The van der Waals surface area contributed by atoms with Crippen molar-refractivity contribution in [3.05, 3.63) is 90.2 Å². The van der Waals surface area contributed by atoms with Gasteiger partial charge in [0.2, 0.25) is 5.76 Å². The van der Waals surface area contributed by atoms with Gasteiger partial charge in [0.25, 0.3) is 5.91 Å². The molecule has 0 aliphatic carbocycles. The van der Waals surface area contributed by atoms with Gasteiger partial charge in [0.05, 0.1) is 42.0 Å². The smallest absolute Gasteiger partial charge is 0.350 e. The molecule has 0 unspecified atom stereocenters. The van der Waals surface area contributed by atoms with Crippen molar-refractivity contribution in [3.8, 4) is 0 Å². The van der Waals surface area contributed by atoms with E-state index < -0.39 is 23.9 Å². The van der Waals surface area contributed by atoms with Gasteiger partial charge in [-0.3, -0.25) is 14.5 Å². The van der Waals surface area contributed by atoms with E-state index in [1.807, 2.05) is 0 Å². The number of carbonyl (C=O) groups excluding carboxylic acids is 3. The fourth-order valence-electron chi connectivity index (χ4n) is 4.25. The van der Waals surface area contributed by atoms with Crippen molar-refractivity contribution in [2.45, 2.75) is 19.9 Å². The van der Waals surface area contributed by atoms with Crippen LogP contribution in [0.1, 0.15) is 60.4 Å². The second-order valence-corrected chi connectivity index (χ2v) is 10.0. The number of benzene rings is 2. The lowest BCUT2D eigenvalue weighted by Gasteiger charge is -2.22. The first-order valence-corrected chi connectivity index (χ1v) is 12.8. The first-order chi connectivity index (χ1) is 17.7. The van der Waals surface area contributed by atoms with Gasteiger partial charge in [0, 0.05) is 4.47 Å². The van der Waals surface area contributed by atoms with Crippen LogP contribution in [0.3, 0.4) is 0 Å². The lowest BCUT2D eigenvalue weighted by atomic mass is 9.98. The number of methoxy groups -OCH3 is 1. The van der Waals surface area contributed by atoms with Gasteiger partial charge >= 0.3 is 11.9 Å². The molecule has 0 saturated heterocycles. The fraction of sp³-hybridized carbons (Fsp3) is 0.192. The molecule has 1 aliphatic heterocycles. The first-order valence-electron chi connectivity index (χ1n) is 11.2. The van der Waals surface area contributed by atoms with Gasteiger partial charge in [-0.25, -0.2) is 14.6 Å². The van der Waals surface area contributed by atoms with E-state index in [-0.39, 0.29) is 39.0 Å². The van der Waals surface area contributed by atoms with Crippen LogP contribution in [-0.4, -0.2) is 36.5 Å². The largest absolute Gasteiger partial charge is 0.465 e. The van der Waals surface area contributed by atoms with Crippen molar-refractivity contribution in [1.82, 2.24) is 4.98 Å². The van der Waals surface area contributed by atoms with E-state index >= 15 is 0 Å². The summed E-state index contributed by atoms with van der Waals surface area (Å²) in [4.78, 5) is 58.0. The predicted molar refractivity (Wildman–Crippen MR) is 139 cm³/mol. The summed E-state index contributed by atoms with van der Waals surface area (Å²) in [6.07, 6.45) is 0. The summed E-state index contributed by atoms with van der Waals surface area (Å²) in [6, 6.07) is 10.5. The van der Waals surface area contributed by atoms with Crippen LogP contribution in [-0.2, 0) is 9.47 Å². The Hall–Kier alpha value is -3.83. The number of ether oxygens (including phenoxy) is 2. The second kappa shape index (κ2) is 9.56. The number of hydrogen-bond donors (Lipinski definition) is 0. The molecule has 11 heteroatoms. The highest BCUT2D eigenvalue weighted by Crippen LogP contribution is 2.43. The molecule has 0 fully saturated rings. The SMILES string of the molecule is CCOC(=O)c1sc(N2C(=O)c3oc4ccc(Br)cc4c(=O)c3[C@H]2c2ccc(C(=O)OC)cc2)nc1C. The molecule has 3 heterocycles. The Morgan fingerprint density at radius 1 is 1.14 bits per heavy atom. The summed E-state index contributed by atoms with van der Waals surface area (Å²) in [7, 11) is 1.28. The summed E-state index contributed by atoms with van der Waals surface area (Å²) in [6.45, 7) is 3.54. The Labute approximate surface area is 222 Å². The predicted octanol–water partition coefficient (Wildman–Crippen LogP) is 5.03. The molecule has 1 aliphatic rings. The highest BCUT2D eigenvalue weighted by molar-refractivity contribution is 9.10. The van der Waals surface area contributed by atoms with Gasteiger partial charge in [-0.1, -0.05) is 39.4 Å². The third-order valence-electron chi connectivity index (χ3n) is 5.93. The number of thiazole rings is 1. The van der Waals surface area contributed by atoms with E-state index in [0.717, 1.165) is 11.3 Å². The van der Waals surface area contributed by atoms with Gasteiger partial charge in [-0.05, 0) is 49.7 Å². The maximum Gasteiger partial charge on any atom is 0.350 e. The lowest BCUT2D eigenvalue weighted by molar-refractivity contribution is 0.0529. The highest BCUT2D eigenvalue weighted by atomic mass is 79.9. The standard InChI is InChI=1S/C26H19BrN2O7S/c1-4-35-25(33)22-12(2)28-26(37-22)29-19(13-5-7-14(8-6-13)24(32)34-3)18-20(30)16-11-15(27)9-10-17(16)36-21(18)23(29)31/h5-11,19H,4H2,1-3H3/t19-/m1/s1. The molecule has 2 aromatic heterocycles. The zero-order valence-electron chi connectivity index (χ0n) is 19.9. The molecule has 1 amide bonds. The second-order valence-electron chi connectivity index (χ2n) is 8.14. The molecular weight excluding hydrogens is 564 g/mol. The Morgan fingerprint density at radius 3 is 2.54 bits per heavy atom. The van der Waals surface area contributed by atoms with Crippen molar-refractivity contribution < 1.29 is 28.3 Å². The van der Waals surface area contributed by atoms with Crippen LogP contribution in [0.2, 0.25) is 0 Å². The number of esters is 2.